The Labute approximate surface area is 142 Å². The van der Waals surface area contributed by atoms with Crippen LogP contribution in [0.25, 0.3) is 0 Å². The van der Waals surface area contributed by atoms with Gasteiger partial charge in [-0.05, 0) is 48.1 Å². The fourth-order valence-electron chi connectivity index (χ4n) is 3.16. The molecule has 3 rings (SSSR count). The van der Waals surface area contributed by atoms with Crippen LogP contribution in [0.4, 0.5) is 0 Å². The Bertz CT molecular complexity index is 844. The Morgan fingerprint density at radius 3 is 2.50 bits per heavy atom. The highest BCUT2D eigenvalue weighted by atomic mass is 32.2. The zero-order valence-electron chi connectivity index (χ0n) is 13.7. The molecule has 1 N–H and O–H groups in total. The lowest BCUT2D eigenvalue weighted by atomic mass is 10.0. The maximum absolute atomic E-state index is 12.6. The van der Waals surface area contributed by atoms with Gasteiger partial charge in [0.2, 0.25) is 0 Å². The van der Waals surface area contributed by atoms with E-state index in [-0.39, 0.29) is 11.7 Å². The van der Waals surface area contributed by atoms with Crippen molar-refractivity contribution in [2.24, 2.45) is 0 Å². The SMILES string of the molecule is CS(=O)(=O)C[C@@H](NC(=O)c1ccc2c(c1)CCC2)c1ccccc1. The first-order valence-electron chi connectivity index (χ1n) is 8.08. The molecule has 4 nitrogen and oxygen atoms in total. The lowest BCUT2D eigenvalue weighted by Gasteiger charge is -2.19. The molecule has 1 atom stereocenters. The lowest BCUT2D eigenvalue weighted by molar-refractivity contribution is 0.0940. The number of fused-ring (bicyclic) bond motifs is 1. The molecule has 0 aromatic heterocycles. The molecule has 0 aliphatic heterocycles. The van der Waals surface area contributed by atoms with Crippen molar-refractivity contribution in [2.45, 2.75) is 25.3 Å². The second-order valence-electron chi connectivity index (χ2n) is 6.37. The number of benzene rings is 2. The zero-order chi connectivity index (χ0) is 17.2. The number of nitrogens with one attached hydrogen (secondary N) is 1. The molecule has 0 saturated heterocycles. The van der Waals surface area contributed by atoms with E-state index in [1.54, 1.807) is 0 Å². The average molecular weight is 343 g/mol. The van der Waals surface area contributed by atoms with Gasteiger partial charge in [0.25, 0.3) is 5.91 Å². The largest absolute Gasteiger partial charge is 0.344 e. The molecule has 5 heteroatoms. The summed E-state index contributed by atoms with van der Waals surface area (Å²) in [5.41, 5.74) is 3.91. The van der Waals surface area contributed by atoms with E-state index >= 15 is 0 Å². The van der Waals surface area contributed by atoms with Crippen LogP contribution in [0.15, 0.2) is 48.5 Å². The molecule has 2 aromatic rings. The minimum atomic E-state index is -3.22. The third-order valence-corrected chi connectivity index (χ3v) is 5.28. The van der Waals surface area contributed by atoms with Crippen molar-refractivity contribution in [2.75, 3.05) is 12.0 Å². The summed E-state index contributed by atoms with van der Waals surface area (Å²) in [7, 11) is -3.22. The topological polar surface area (TPSA) is 63.2 Å². The van der Waals surface area contributed by atoms with Gasteiger partial charge in [0.1, 0.15) is 9.84 Å². The third kappa shape index (κ3) is 4.03. The Kier molecular flexibility index (Phi) is 4.71. The van der Waals surface area contributed by atoms with Crippen LogP contribution in [0.5, 0.6) is 0 Å². The van der Waals surface area contributed by atoms with Gasteiger partial charge in [-0.1, -0.05) is 36.4 Å². The highest BCUT2D eigenvalue weighted by molar-refractivity contribution is 7.90. The van der Waals surface area contributed by atoms with Crippen molar-refractivity contribution in [3.8, 4) is 0 Å². The summed E-state index contributed by atoms with van der Waals surface area (Å²) in [6.07, 6.45) is 4.38. The van der Waals surface area contributed by atoms with Crippen LogP contribution in [0.3, 0.4) is 0 Å². The molecule has 0 bridgehead atoms. The standard InChI is InChI=1S/C19H21NO3S/c1-24(22,23)13-18(15-6-3-2-4-7-15)20-19(21)17-11-10-14-8-5-9-16(14)12-17/h2-4,6-7,10-12,18H,5,8-9,13H2,1H3,(H,20,21)/t18-/m1/s1. The van der Waals surface area contributed by atoms with Crippen LogP contribution in [0.2, 0.25) is 0 Å². The molecule has 0 spiro atoms. The molecule has 0 fully saturated rings. The molecular weight excluding hydrogens is 322 g/mol. The van der Waals surface area contributed by atoms with Crippen molar-refractivity contribution in [3.63, 3.8) is 0 Å². The van der Waals surface area contributed by atoms with Gasteiger partial charge >= 0.3 is 0 Å². The van der Waals surface area contributed by atoms with E-state index < -0.39 is 15.9 Å². The minimum absolute atomic E-state index is 0.117. The maximum Gasteiger partial charge on any atom is 0.251 e. The molecule has 1 amide bonds. The van der Waals surface area contributed by atoms with E-state index in [4.69, 9.17) is 0 Å². The van der Waals surface area contributed by atoms with Gasteiger partial charge in [0, 0.05) is 11.8 Å². The first kappa shape index (κ1) is 16.7. The summed E-state index contributed by atoms with van der Waals surface area (Å²) in [6.45, 7) is 0. The van der Waals surface area contributed by atoms with Gasteiger partial charge in [-0.15, -0.1) is 0 Å². The lowest BCUT2D eigenvalue weighted by Crippen LogP contribution is -2.33. The second kappa shape index (κ2) is 6.77. The highest BCUT2D eigenvalue weighted by Crippen LogP contribution is 2.23. The van der Waals surface area contributed by atoms with Crippen molar-refractivity contribution in [1.82, 2.24) is 5.32 Å². The molecular formula is C19H21NO3S. The zero-order valence-corrected chi connectivity index (χ0v) is 14.5. The number of hydrogen-bond acceptors (Lipinski definition) is 3. The Hall–Kier alpha value is -2.14. The van der Waals surface area contributed by atoms with Crippen LogP contribution in [-0.4, -0.2) is 26.3 Å². The Balaban J connectivity index is 1.83. The van der Waals surface area contributed by atoms with Crippen LogP contribution in [-0.2, 0) is 22.7 Å². The summed E-state index contributed by atoms with van der Waals surface area (Å²) < 4.78 is 23.5. The molecule has 126 valence electrons. The summed E-state index contributed by atoms with van der Waals surface area (Å²) in [5.74, 6) is -0.351. The highest BCUT2D eigenvalue weighted by Gasteiger charge is 2.21. The first-order valence-corrected chi connectivity index (χ1v) is 10.1. The van der Waals surface area contributed by atoms with Gasteiger partial charge in [-0.25, -0.2) is 8.42 Å². The number of amides is 1. The summed E-state index contributed by atoms with van der Waals surface area (Å²) in [5, 5.41) is 2.88. The van der Waals surface area contributed by atoms with Gasteiger partial charge in [0.05, 0.1) is 11.8 Å². The number of aryl methyl sites for hydroxylation is 2. The van der Waals surface area contributed by atoms with Gasteiger partial charge < -0.3 is 5.32 Å². The normalized spacial score (nSPS) is 14.9. The second-order valence-corrected chi connectivity index (χ2v) is 8.55. The van der Waals surface area contributed by atoms with Crippen LogP contribution in [0, 0.1) is 0 Å². The predicted molar refractivity (Wildman–Crippen MR) is 94.8 cm³/mol. The third-order valence-electron chi connectivity index (χ3n) is 4.34. The molecule has 1 aliphatic carbocycles. The van der Waals surface area contributed by atoms with Crippen LogP contribution < -0.4 is 5.32 Å². The quantitative estimate of drug-likeness (QED) is 0.908. The Morgan fingerprint density at radius 2 is 1.79 bits per heavy atom. The van der Waals surface area contributed by atoms with E-state index in [9.17, 15) is 13.2 Å². The van der Waals surface area contributed by atoms with Crippen molar-refractivity contribution >= 4 is 15.7 Å². The van der Waals surface area contributed by atoms with Crippen molar-refractivity contribution < 1.29 is 13.2 Å². The van der Waals surface area contributed by atoms with E-state index in [0.29, 0.717) is 5.56 Å². The average Bonchev–Trinajstić information content (AvgIpc) is 3.01. The molecule has 1 aliphatic rings. The molecule has 0 saturated carbocycles. The molecule has 24 heavy (non-hydrogen) atoms. The predicted octanol–water partition coefficient (Wildman–Crippen LogP) is 2.69. The first-order chi connectivity index (χ1) is 11.4. The number of carbonyl (C=O) groups excluding carboxylic acids is 1. The monoisotopic (exact) mass is 343 g/mol. The van der Waals surface area contributed by atoms with E-state index in [1.807, 2.05) is 48.5 Å². The minimum Gasteiger partial charge on any atom is -0.344 e. The summed E-state index contributed by atoms with van der Waals surface area (Å²) in [6, 6.07) is 14.4. The molecule has 2 aromatic carbocycles. The van der Waals surface area contributed by atoms with E-state index in [2.05, 4.69) is 5.32 Å². The van der Waals surface area contributed by atoms with Gasteiger partial charge in [0.15, 0.2) is 0 Å². The number of hydrogen-bond donors (Lipinski definition) is 1. The number of rotatable bonds is 5. The van der Waals surface area contributed by atoms with Crippen LogP contribution in [0.1, 0.15) is 39.5 Å². The summed E-state index contributed by atoms with van der Waals surface area (Å²) >= 11 is 0. The van der Waals surface area contributed by atoms with Crippen molar-refractivity contribution in [1.29, 1.82) is 0 Å². The number of carbonyl (C=O) groups is 1. The maximum atomic E-state index is 12.6. The van der Waals surface area contributed by atoms with E-state index in [0.717, 1.165) is 24.8 Å². The fourth-order valence-corrected chi connectivity index (χ4v) is 4.05. The van der Waals surface area contributed by atoms with Crippen LogP contribution >= 0.6 is 0 Å². The van der Waals surface area contributed by atoms with E-state index in [1.165, 1.54) is 17.4 Å². The number of sulfone groups is 1. The molecule has 0 radical (unpaired) electrons. The fraction of sp³-hybridized carbons (Fsp3) is 0.316. The summed E-state index contributed by atoms with van der Waals surface area (Å²) in [4.78, 5) is 12.6. The molecule has 0 heterocycles. The van der Waals surface area contributed by atoms with Crippen molar-refractivity contribution in [3.05, 3.63) is 70.8 Å². The van der Waals surface area contributed by atoms with Gasteiger partial charge in [-0.2, -0.15) is 0 Å². The van der Waals surface area contributed by atoms with Gasteiger partial charge in [-0.3, -0.25) is 4.79 Å². The smallest absolute Gasteiger partial charge is 0.251 e. The molecule has 0 unspecified atom stereocenters. The Morgan fingerprint density at radius 1 is 1.08 bits per heavy atom.